The van der Waals surface area contributed by atoms with Gasteiger partial charge in [0.2, 0.25) is 0 Å². The molecule has 0 saturated carbocycles. The van der Waals surface area contributed by atoms with Crippen LogP contribution in [0.15, 0.2) is 60.2 Å². The van der Waals surface area contributed by atoms with Crippen LogP contribution in [0, 0.1) is 5.92 Å². The summed E-state index contributed by atoms with van der Waals surface area (Å²) in [5, 5.41) is 0. The lowest BCUT2D eigenvalue weighted by Crippen LogP contribution is -2.08. The summed E-state index contributed by atoms with van der Waals surface area (Å²) in [6.07, 6.45) is 2.14. The quantitative estimate of drug-likeness (QED) is 0.867. The van der Waals surface area contributed by atoms with E-state index < -0.39 is 0 Å². The van der Waals surface area contributed by atoms with Gasteiger partial charge in [0.1, 0.15) is 11.5 Å². The predicted octanol–water partition coefficient (Wildman–Crippen LogP) is 4.48. The van der Waals surface area contributed by atoms with Gasteiger partial charge < -0.3 is 10.5 Å². The maximum absolute atomic E-state index is 5.83. The fraction of sp³-hybridized carbons (Fsp3) is 0.222. The first-order valence-electron chi connectivity index (χ1n) is 6.92. The Morgan fingerprint density at radius 2 is 1.75 bits per heavy atom. The second kappa shape index (κ2) is 6.92. The molecule has 0 spiro atoms. The van der Waals surface area contributed by atoms with Crippen molar-refractivity contribution in [3.05, 3.63) is 65.7 Å². The number of rotatable bonds is 5. The van der Waals surface area contributed by atoms with Crippen LogP contribution in [0.4, 0.5) is 0 Å². The zero-order chi connectivity index (χ0) is 14.4. The van der Waals surface area contributed by atoms with Gasteiger partial charge in [0.05, 0.1) is 0 Å². The van der Waals surface area contributed by atoms with E-state index in [1.807, 2.05) is 48.5 Å². The Bertz CT molecular complexity index is 573. The molecule has 0 aliphatic carbocycles. The molecule has 104 valence electrons. The van der Waals surface area contributed by atoms with Gasteiger partial charge in [0.25, 0.3) is 0 Å². The average Bonchev–Trinajstić information content (AvgIpc) is 2.46. The Hall–Kier alpha value is -2.06. The molecule has 2 N–H and O–H groups in total. The van der Waals surface area contributed by atoms with Gasteiger partial charge >= 0.3 is 0 Å². The number of hydrogen-bond acceptors (Lipinski definition) is 2. The highest BCUT2D eigenvalue weighted by Gasteiger charge is 2.02. The van der Waals surface area contributed by atoms with Crippen molar-refractivity contribution in [2.75, 3.05) is 6.54 Å². The largest absolute Gasteiger partial charge is 0.457 e. The van der Waals surface area contributed by atoms with Crippen LogP contribution in [0.3, 0.4) is 0 Å². The van der Waals surface area contributed by atoms with E-state index in [4.69, 9.17) is 10.5 Å². The SMILES string of the molecule is CC(C)C(=Cc1cccc(Oc2ccccc2)c1)CN. The monoisotopic (exact) mass is 267 g/mol. The van der Waals surface area contributed by atoms with Gasteiger partial charge in [0.15, 0.2) is 0 Å². The Morgan fingerprint density at radius 3 is 2.40 bits per heavy atom. The Labute approximate surface area is 120 Å². The highest BCUT2D eigenvalue weighted by atomic mass is 16.5. The van der Waals surface area contributed by atoms with Crippen LogP contribution in [-0.4, -0.2) is 6.54 Å². The maximum Gasteiger partial charge on any atom is 0.128 e. The van der Waals surface area contributed by atoms with E-state index in [0.717, 1.165) is 17.1 Å². The van der Waals surface area contributed by atoms with E-state index in [1.54, 1.807) is 0 Å². The molecule has 0 radical (unpaired) electrons. The molecule has 2 nitrogen and oxygen atoms in total. The smallest absolute Gasteiger partial charge is 0.128 e. The lowest BCUT2D eigenvalue weighted by atomic mass is 10.0. The van der Waals surface area contributed by atoms with Crippen molar-refractivity contribution < 1.29 is 4.74 Å². The Balaban J connectivity index is 2.20. The van der Waals surface area contributed by atoms with Crippen LogP contribution in [0.1, 0.15) is 19.4 Å². The summed E-state index contributed by atoms with van der Waals surface area (Å²) in [7, 11) is 0. The predicted molar refractivity (Wildman–Crippen MR) is 84.8 cm³/mol. The van der Waals surface area contributed by atoms with Gasteiger partial charge in [-0.2, -0.15) is 0 Å². The maximum atomic E-state index is 5.83. The molecule has 0 aliphatic rings. The van der Waals surface area contributed by atoms with Crippen LogP contribution >= 0.6 is 0 Å². The first-order chi connectivity index (χ1) is 9.69. The number of para-hydroxylation sites is 1. The molecule has 0 aromatic heterocycles. The molecule has 2 rings (SSSR count). The van der Waals surface area contributed by atoms with Crippen LogP contribution in [-0.2, 0) is 0 Å². The normalized spacial score (nSPS) is 11.7. The van der Waals surface area contributed by atoms with Crippen LogP contribution in [0.25, 0.3) is 6.08 Å². The van der Waals surface area contributed by atoms with Crippen molar-refractivity contribution in [3.8, 4) is 11.5 Å². The van der Waals surface area contributed by atoms with Crippen molar-refractivity contribution in [2.24, 2.45) is 11.7 Å². The third-order valence-corrected chi connectivity index (χ3v) is 3.17. The second-order valence-electron chi connectivity index (χ2n) is 5.07. The molecule has 2 aromatic rings. The number of hydrogen-bond donors (Lipinski definition) is 1. The standard InChI is InChI=1S/C18H21NO/c1-14(2)16(13-19)11-15-7-6-10-18(12-15)20-17-8-4-3-5-9-17/h3-12,14H,13,19H2,1-2H3. The van der Waals surface area contributed by atoms with Crippen LogP contribution in [0.5, 0.6) is 11.5 Å². The third-order valence-electron chi connectivity index (χ3n) is 3.17. The van der Waals surface area contributed by atoms with E-state index in [2.05, 4.69) is 26.0 Å². The van der Waals surface area contributed by atoms with Gasteiger partial charge in [-0.1, -0.05) is 55.8 Å². The summed E-state index contributed by atoms with van der Waals surface area (Å²) in [5.74, 6) is 2.14. The highest BCUT2D eigenvalue weighted by Crippen LogP contribution is 2.23. The van der Waals surface area contributed by atoms with Gasteiger partial charge in [-0.05, 0) is 35.7 Å². The average molecular weight is 267 g/mol. The number of nitrogens with two attached hydrogens (primary N) is 1. The van der Waals surface area contributed by atoms with E-state index in [-0.39, 0.29) is 0 Å². The Morgan fingerprint density at radius 1 is 1.05 bits per heavy atom. The first-order valence-corrected chi connectivity index (χ1v) is 6.92. The van der Waals surface area contributed by atoms with E-state index in [1.165, 1.54) is 5.57 Å². The van der Waals surface area contributed by atoms with Crippen molar-refractivity contribution >= 4 is 6.08 Å². The molecule has 0 saturated heterocycles. The summed E-state index contributed by atoms with van der Waals surface area (Å²) in [6, 6.07) is 17.8. The molecular weight excluding hydrogens is 246 g/mol. The fourth-order valence-corrected chi connectivity index (χ4v) is 1.97. The molecule has 0 aliphatic heterocycles. The molecule has 0 unspecified atom stereocenters. The zero-order valence-corrected chi connectivity index (χ0v) is 12.0. The lowest BCUT2D eigenvalue weighted by Gasteiger charge is -2.10. The van der Waals surface area contributed by atoms with E-state index >= 15 is 0 Å². The molecule has 2 aromatic carbocycles. The number of ether oxygens (including phenoxy) is 1. The summed E-state index contributed by atoms with van der Waals surface area (Å²) in [4.78, 5) is 0. The van der Waals surface area contributed by atoms with Crippen molar-refractivity contribution in [2.45, 2.75) is 13.8 Å². The topological polar surface area (TPSA) is 35.2 Å². The minimum atomic E-state index is 0.457. The summed E-state index contributed by atoms with van der Waals surface area (Å²) in [6.45, 7) is 4.90. The van der Waals surface area contributed by atoms with Gasteiger partial charge in [-0.25, -0.2) is 0 Å². The third kappa shape index (κ3) is 3.97. The molecule has 0 atom stereocenters. The molecule has 2 heteroatoms. The van der Waals surface area contributed by atoms with Gasteiger partial charge in [-0.3, -0.25) is 0 Å². The molecular formula is C18H21NO. The van der Waals surface area contributed by atoms with Crippen molar-refractivity contribution in [1.29, 1.82) is 0 Å². The molecule has 0 fully saturated rings. The van der Waals surface area contributed by atoms with E-state index in [9.17, 15) is 0 Å². The lowest BCUT2D eigenvalue weighted by molar-refractivity contribution is 0.482. The molecule has 0 bridgehead atoms. The van der Waals surface area contributed by atoms with Gasteiger partial charge in [0, 0.05) is 6.54 Å². The van der Waals surface area contributed by atoms with E-state index in [0.29, 0.717) is 12.5 Å². The summed E-state index contributed by atoms with van der Waals surface area (Å²) < 4.78 is 5.83. The Kier molecular flexibility index (Phi) is 4.97. The van der Waals surface area contributed by atoms with Crippen molar-refractivity contribution in [3.63, 3.8) is 0 Å². The fourth-order valence-electron chi connectivity index (χ4n) is 1.97. The van der Waals surface area contributed by atoms with Gasteiger partial charge in [-0.15, -0.1) is 0 Å². The highest BCUT2D eigenvalue weighted by molar-refractivity contribution is 5.56. The first kappa shape index (κ1) is 14.4. The van der Waals surface area contributed by atoms with Crippen LogP contribution < -0.4 is 10.5 Å². The minimum absolute atomic E-state index is 0.457. The van der Waals surface area contributed by atoms with Crippen LogP contribution in [0.2, 0.25) is 0 Å². The molecule has 20 heavy (non-hydrogen) atoms. The summed E-state index contributed by atoms with van der Waals surface area (Å²) >= 11 is 0. The zero-order valence-electron chi connectivity index (χ0n) is 12.0. The summed E-state index contributed by atoms with van der Waals surface area (Å²) in [5.41, 5.74) is 8.14. The second-order valence-corrected chi connectivity index (χ2v) is 5.07. The molecule has 0 heterocycles. The van der Waals surface area contributed by atoms with Crippen molar-refractivity contribution in [1.82, 2.24) is 0 Å². The number of benzene rings is 2. The minimum Gasteiger partial charge on any atom is -0.457 e. The molecule has 0 amide bonds.